The van der Waals surface area contributed by atoms with E-state index in [1.165, 1.54) is 0 Å². The molecule has 2 heterocycles. The molecule has 1 aromatic carbocycles. The molecule has 114 valence electrons. The third-order valence-electron chi connectivity index (χ3n) is 3.31. The summed E-state index contributed by atoms with van der Waals surface area (Å²) in [7, 11) is 0. The third kappa shape index (κ3) is 3.02. The van der Waals surface area contributed by atoms with Crippen molar-refractivity contribution >= 4 is 5.95 Å². The van der Waals surface area contributed by atoms with Gasteiger partial charge in [0.1, 0.15) is 0 Å². The summed E-state index contributed by atoms with van der Waals surface area (Å²) in [5.41, 5.74) is 9.04. The van der Waals surface area contributed by atoms with Gasteiger partial charge in [0.15, 0.2) is 0 Å². The van der Waals surface area contributed by atoms with E-state index in [1.807, 2.05) is 18.2 Å². The quantitative estimate of drug-likeness (QED) is 0.661. The summed E-state index contributed by atoms with van der Waals surface area (Å²) in [5.74, 6) is 0.474. The van der Waals surface area contributed by atoms with Crippen LogP contribution in [-0.4, -0.2) is 33.0 Å². The first-order valence-corrected chi connectivity index (χ1v) is 7.12. The Kier molecular flexibility index (Phi) is 4.27. The van der Waals surface area contributed by atoms with Crippen LogP contribution < -0.4 is 11.1 Å². The van der Waals surface area contributed by atoms with Crippen molar-refractivity contribution in [3.63, 3.8) is 0 Å². The maximum Gasteiger partial charge on any atom is 0.223 e. The molecule has 0 fully saturated rings. The van der Waals surface area contributed by atoms with Gasteiger partial charge in [0, 0.05) is 30.4 Å². The molecule has 4 N–H and O–H groups in total. The second-order valence-corrected chi connectivity index (χ2v) is 4.79. The molecule has 23 heavy (non-hydrogen) atoms. The van der Waals surface area contributed by atoms with Crippen LogP contribution in [0.5, 0.6) is 0 Å². The normalized spacial score (nSPS) is 10.3. The first kappa shape index (κ1) is 14.7. The highest BCUT2D eigenvalue weighted by Crippen LogP contribution is 2.31. The second kappa shape index (κ2) is 6.68. The predicted octanol–water partition coefficient (Wildman–Crippen LogP) is 1.78. The zero-order valence-electron chi connectivity index (χ0n) is 12.3. The van der Waals surface area contributed by atoms with Crippen LogP contribution in [-0.2, 0) is 0 Å². The highest BCUT2D eigenvalue weighted by molar-refractivity contribution is 5.81. The Balaban J connectivity index is 2.17. The van der Waals surface area contributed by atoms with Crippen molar-refractivity contribution in [2.75, 3.05) is 18.4 Å². The Hall–Kier alpha value is -3.24. The molecule has 0 atom stereocenters. The van der Waals surface area contributed by atoms with E-state index in [1.54, 1.807) is 24.8 Å². The van der Waals surface area contributed by atoms with Gasteiger partial charge in [0.05, 0.1) is 35.5 Å². The van der Waals surface area contributed by atoms with E-state index in [0.717, 1.165) is 16.8 Å². The van der Waals surface area contributed by atoms with Crippen LogP contribution in [0.2, 0.25) is 0 Å². The number of nitriles is 1. The Morgan fingerprint density at radius 2 is 2.09 bits per heavy atom. The van der Waals surface area contributed by atoms with Crippen LogP contribution in [0.1, 0.15) is 5.56 Å². The molecule has 0 spiro atoms. The van der Waals surface area contributed by atoms with Crippen molar-refractivity contribution in [3.8, 4) is 28.6 Å². The second-order valence-electron chi connectivity index (χ2n) is 4.79. The van der Waals surface area contributed by atoms with Crippen LogP contribution in [0.25, 0.3) is 22.5 Å². The molecule has 7 nitrogen and oxygen atoms in total. The minimum atomic E-state index is 0.474. The number of aromatic amines is 1. The van der Waals surface area contributed by atoms with E-state index in [2.05, 4.69) is 31.3 Å². The average molecular weight is 305 g/mol. The largest absolute Gasteiger partial charge is 0.353 e. The van der Waals surface area contributed by atoms with Crippen molar-refractivity contribution in [2.24, 2.45) is 5.73 Å². The number of hydrogen-bond acceptors (Lipinski definition) is 6. The fraction of sp³-hybridized carbons (Fsp3) is 0.125. The molecule has 0 amide bonds. The van der Waals surface area contributed by atoms with Crippen LogP contribution in [0.15, 0.2) is 43.0 Å². The molecule has 3 aromatic rings. The van der Waals surface area contributed by atoms with Crippen molar-refractivity contribution in [2.45, 2.75) is 0 Å². The van der Waals surface area contributed by atoms with E-state index in [9.17, 15) is 5.26 Å². The SMILES string of the molecule is N#Cc1ccccc1-c1nc(NCCN)ncc1-c1cnc[nH]1. The molecule has 0 bridgehead atoms. The molecule has 0 saturated carbocycles. The van der Waals surface area contributed by atoms with Crippen molar-refractivity contribution in [3.05, 3.63) is 48.5 Å². The maximum absolute atomic E-state index is 9.37. The standard InChI is InChI=1S/C16H15N7/c17-5-6-20-16-21-8-13(14-9-19-10-22-14)15(23-16)12-4-2-1-3-11(12)7-18/h1-4,8-10H,5-6,17H2,(H,19,22)(H,20,21,23). The molecule has 0 radical (unpaired) electrons. The molecule has 0 aliphatic heterocycles. The number of imidazole rings is 1. The molecule has 2 aromatic heterocycles. The van der Waals surface area contributed by atoms with E-state index < -0.39 is 0 Å². The molecule has 0 aliphatic rings. The smallest absolute Gasteiger partial charge is 0.223 e. The van der Waals surface area contributed by atoms with Crippen molar-refractivity contribution in [1.29, 1.82) is 5.26 Å². The molecule has 0 unspecified atom stereocenters. The molecule has 3 rings (SSSR count). The third-order valence-corrected chi connectivity index (χ3v) is 3.31. The van der Waals surface area contributed by atoms with Crippen molar-refractivity contribution < 1.29 is 0 Å². The number of nitrogens with one attached hydrogen (secondary N) is 2. The summed E-state index contributed by atoms with van der Waals surface area (Å²) in [6.07, 6.45) is 5.00. The van der Waals surface area contributed by atoms with Gasteiger partial charge in [-0.15, -0.1) is 0 Å². The number of rotatable bonds is 5. The van der Waals surface area contributed by atoms with Gasteiger partial charge in [0.25, 0.3) is 0 Å². The van der Waals surface area contributed by atoms with E-state index in [4.69, 9.17) is 5.73 Å². The Morgan fingerprint density at radius 3 is 2.83 bits per heavy atom. The van der Waals surface area contributed by atoms with E-state index in [0.29, 0.717) is 30.3 Å². The lowest BCUT2D eigenvalue weighted by molar-refractivity contribution is 0.990. The summed E-state index contributed by atoms with van der Waals surface area (Å²) in [5, 5.41) is 12.4. The van der Waals surface area contributed by atoms with Gasteiger partial charge < -0.3 is 16.0 Å². The van der Waals surface area contributed by atoms with Crippen LogP contribution in [0, 0.1) is 11.3 Å². The first-order valence-electron chi connectivity index (χ1n) is 7.12. The monoisotopic (exact) mass is 305 g/mol. The van der Waals surface area contributed by atoms with Gasteiger partial charge in [-0.3, -0.25) is 0 Å². The summed E-state index contributed by atoms with van der Waals surface area (Å²) in [4.78, 5) is 16.0. The summed E-state index contributed by atoms with van der Waals surface area (Å²) < 4.78 is 0. The summed E-state index contributed by atoms with van der Waals surface area (Å²) >= 11 is 0. The lowest BCUT2D eigenvalue weighted by Gasteiger charge is -2.11. The Labute approximate surface area is 133 Å². The zero-order valence-corrected chi connectivity index (χ0v) is 12.3. The lowest BCUT2D eigenvalue weighted by atomic mass is 10.0. The number of nitrogens with zero attached hydrogens (tertiary/aromatic N) is 4. The van der Waals surface area contributed by atoms with Crippen LogP contribution in [0.4, 0.5) is 5.95 Å². The summed E-state index contributed by atoms with van der Waals surface area (Å²) in [6, 6.07) is 9.54. The van der Waals surface area contributed by atoms with Crippen molar-refractivity contribution in [1.82, 2.24) is 19.9 Å². The van der Waals surface area contributed by atoms with Gasteiger partial charge in [0.2, 0.25) is 5.95 Å². The average Bonchev–Trinajstić information content (AvgIpc) is 3.14. The molecular weight excluding hydrogens is 290 g/mol. The Bertz CT molecular complexity index is 834. The number of aromatic nitrogens is 4. The van der Waals surface area contributed by atoms with Crippen LogP contribution >= 0.6 is 0 Å². The van der Waals surface area contributed by atoms with Gasteiger partial charge in [-0.05, 0) is 6.07 Å². The van der Waals surface area contributed by atoms with E-state index >= 15 is 0 Å². The van der Waals surface area contributed by atoms with Gasteiger partial charge >= 0.3 is 0 Å². The van der Waals surface area contributed by atoms with Gasteiger partial charge in [-0.1, -0.05) is 18.2 Å². The Morgan fingerprint density at radius 1 is 1.22 bits per heavy atom. The first-order chi connectivity index (χ1) is 11.3. The topological polar surface area (TPSA) is 116 Å². The number of hydrogen-bond donors (Lipinski definition) is 3. The molecule has 0 saturated heterocycles. The van der Waals surface area contributed by atoms with Gasteiger partial charge in [-0.2, -0.15) is 5.26 Å². The minimum absolute atomic E-state index is 0.474. The molecule has 7 heteroatoms. The number of nitrogens with two attached hydrogens (primary N) is 1. The van der Waals surface area contributed by atoms with Gasteiger partial charge in [-0.25, -0.2) is 15.0 Å². The zero-order chi connectivity index (χ0) is 16.1. The lowest BCUT2D eigenvalue weighted by Crippen LogP contribution is -2.15. The van der Waals surface area contributed by atoms with Crippen LogP contribution in [0.3, 0.4) is 0 Å². The van der Waals surface area contributed by atoms with E-state index in [-0.39, 0.29) is 0 Å². The number of benzene rings is 1. The number of anilines is 1. The highest BCUT2D eigenvalue weighted by atomic mass is 15.1. The molecular formula is C16H15N7. The highest BCUT2D eigenvalue weighted by Gasteiger charge is 2.15. The minimum Gasteiger partial charge on any atom is -0.353 e. The number of H-pyrrole nitrogens is 1. The molecule has 0 aliphatic carbocycles. The summed E-state index contributed by atoms with van der Waals surface area (Å²) in [6.45, 7) is 1.05. The fourth-order valence-corrected chi connectivity index (χ4v) is 2.24. The maximum atomic E-state index is 9.37. The fourth-order valence-electron chi connectivity index (χ4n) is 2.24. The predicted molar refractivity (Wildman–Crippen MR) is 87.3 cm³/mol.